The van der Waals surface area contributed by atoms with E-state index < -0.39 is 41.2 Å². The Morgan fingerprint density at radius 2 is 1.94 bits per heavy atom. The first-order valence-electron chi connectivity index (χ1n) is 10.9. The highest BCUT2D eigenvalue weighted by Crippen LogP contribution is 2.61. The molecule has 3 fully saturated rings. The molecule has 3 amide bonds. The molecule has 2 bridgehead atoms. The smallest absolute Gasteiger partial charge is 0.246 e. The fraction of sp³-hybridized carbons (Fsp3) is 0.609. The third-order valence-corrected chi connectivity index (χ3v) is 7.56. The number of amides is 3. The monoisotopic (exact) mass is 507 g/mol. The Hall–Kier alpha value is -1.97. The number of carbonyl (C=O) groups excluding carboxylic acids is 3. The number of likely N-dealkylation sites (tertiary alicyclic amines) is 1. The van der Waals surface area contributed by atoms with Crippen LogP contribution in [0, 0.1) is 11.8 Å². The van der Waals surface area contributed by atoms with Gasteiger partial charge in [0.25, 0.3) is 0 Å². The molecule has 174 valence electrons. The molecule has 3 aliphatic rings. The maximum atomic E-state index is 13.9. The van der Waals surface area contributed by atoms with Crippen molar-refractivity contribution in [3.63, 3.8) is 0 Å². The molecule has 3 heterocycles. The molecule has 0 aliphatic carbocycles. The number of carbonyl (C=O) groups is 3. The molecule has 9 heteroatoms. The van der Waals surface area contributed by atoms with Gasteiger partial charge in [0.05, 0.1) is 30.6 Å². The van der Waals surface area contributed by atoms with Gasteiger partial charge in [0.2, 0.25) is 17.7 Å². The van der Waals surface area contributed by atoms with Crippen LogP contribution in [0.25, 0.3) is 0 Å². The van der Waals surface area contributed by atoms with Crippen molar-refractivity contribution in [3.05, 3.63) is 35.9 Å². The van der Waals surface area contributed by atoms with E-state index in [2.05, 4.69) is 26.6 Å². The molecule has 4 rings (SSSR count). The Balaban J connectivity index is 1.85. The van der Waals surface area contributed by atoms with Crippen LogP contribution in [0.3, 0.4) is 0 Å². The third kappa shape index (κ3) is 3.45. The van der Waals surface area contributed by atoms with E-state index >= 15 is 0 Å². The second-order valence-electron chi connectivity index (χ2n) is 9.87. The van der Waals surface area contributed by atoms with Crippen LogP contribution in [0.5, 0.6) is 0 Å². The fourth-order valence-corrected chi connectivity index (χ4v) is 6.58. The minimum absolute atomic E-state index is 0.164. The maximum absolute atomic E-state index is 13.9. The Bertz CT molecular complexity index is 920. The molecule has 1 aromatic rings. The number of alkyl halides is 1. The molecule has 1 spiro atoms. The Morgan fingerprint density at radius 3 is 2.50 bits per heavy atom. The highest BCUT2D eigenvalue weighted by Gasteiger charge is 2.77. The number of aliphatic hydroxyl groups excluding tert-OH is 1. The molecule has 7 atom stereocenters. The van der Waals surface area contributed by atoms with Gasteiger partial charge >= 0.3 is 0 Å². The second-order valence-corrected chi connectivity index (χ2v) is 11.0. The molecule has 3 N–H and O–H groups in total. The predicted octanol–water partition coefficient (Wildman–Crippen LogP) is 1.13. The molecule has 3 saturated heterocycles. The summed E-state index contributed by atoms with van der Waals surface area (Å²) < 4.78 is 6.40. The van der Waals surface area contributed by atoms with Gasteiger partial charge in [-0.05, 0) is 32.8 Å². The van der Waals surface area contributed by atoms with E-state index in [4.69, 9.17) is 4.74 Å². The lowest BCUT2D eigenvalue weighted by Crippen LogP contribution is -2.59. The van der Waals surface area contributed by atoms with Gasteiger partial charge in [0, 0.05) is 17.4 Å². The van der Waals surface area contributed by atoms with Crippen LogP contribution < -0.4 is 10.6 Å². The highest BCUT2D eigenvalue weighted by atomic mass is 79.9. The van der Waals surface area contributed by atoms with E-state index in [0.29, 0.717) is 6.42 Å². The normalized spacial score (nSPS) is 34.4. The number of fused-ring (bicyclic) bond motifs is 1. The van der Waals surface area contributed by atoms with Crippen LogP contribution in [0.15, 0.2) is 30.3 Å². The number of aliphatic hydroxyl groups is 1. The molecule has 1 aromatic carbocycles. The van der Waals surface area contributed by atoms with Crippen molar-refractivity contribution in [3.8, 4) is 0 Å². The lowest BCUT2D eigenvalue weighted by atomic mass is 9.70. The van der Waals surface area contributed by atoms with Crippen LogP contribution in [0.1, 0.15) is 38.8 Å². The number of ether oxygens (including phenoxy) is 1. The molecular formula is C23H30BrN3O5. The summed E-state index contributed by atoms with van der Waals surface area (Å²) in [5.41, 5.74) is -0.966. The first-order chi connectivity index (χ1) is 15.1. The number of nitrogens with zero attached hydrogens (tertiary/aromatic N) is 1. The first-order valence-corrected chi connectivity index (χ1v) is 11.8. The van der Waals surface area contributed by atoms with Crippen molar-refractivity contribution in [1.29, 1.82) is 0 Å². The van der Waals surface area contributed by atoms with Gasteiger partial charge in [0.1, 0.15) is 11.6 Å². The van der Waals surface area contributed by atoms with E-state index in [0.717, 1.165) is 5.56 Å². The van der Waals surface area contributed by atoms with E-state index in [1.165, 1.54) is 11.9 Å². The minimum atomic E-state index is -1.15. The lowest BCUT2D eigenvalue weighted by Gasteiger charge is -2.38. The van der Waals surface area contributed by atoms with Gasteiger partial charge in [-0.15, -0.1) is 0 Å². The maximum Gasteiger partial charge on any atom is 0.246 e. The molecule has 3 unspecified atom stereocenters. The van der Waals surface area contributed by atoms with Gasteiger partial charge in [-0.2, -0.15) is 0 Å². The lowest BCUT2D eigenvalue weighted by molar-refractivity contribution is -0.146. The van der Waals surface area contributed by atoms with Crippen LogP contribution in [-0.2, 0) is 19.1 Å². The number of halogens is 1. The van der Waals surface area contributed by atoms with Gasteiger partial charge in [-0.25, -0.2) is 0 Å². The summed E-state index contributed by atoms with van der Waals surface area (Å²) in [6.07, 6.45) is -0.0759. The molecule has 8 nitrogen and oxygen atoms in total. The van der Waals surface area contributed by atoms with E-state index in [9.17, 15) is 19.5 Å². The number of benzene rings is 1. The Kier molecular flexibility index (Phi) is 5.88. The molecule has 0 radical (unpaired) electrons. The van der Waals surface area contributed by atoms with Crippen molar-refractivity contribution in [2.75, 3.05) is 13.7 Å². The van der Waals surface area contributed by atoms with Crippen molar-refractivity contribution >= 4 is 33.7 Å². The fourth-order valence-electron chi connectivity index (χ4n) is 5.64. The number of hydrogen-bond donors (Lipinski definition) is 3. The van der Waals surface area contributed by atoms with Crippen molar-refractivity contribution in [2.24, 2.45) is 11.8 Å². The second kappa shape index (κ2) is 8.11. The summed E-state index contributed by atoms with van der Waals surface area (Å²) in [7, 11) is 1.53. The topological polar surface area (TPSA) is 108 Å². The Labute approximate surface area is 196 Å². The summed E-state index contributed by atoms with van der Waals surface area (Å²) in [5.74, 6) is -2.47. The highest BCUT2D eigenvalue weighted by molar-refractivity contribution is 9.09. The van der Waals surface area contributed by atoms with Gasteiger partial charge < -0.3 is 25.4 Å². The standard InChI is InChI=1S/C23H30BrN3O5/c1-22(2,3)26-20(30)18-23-10-13(24)17(32-23)15(19(29)25-4)16(23)21(31)27(18)14(11-28)12-8-6-5-7-9-12/h5-9,13-18,28H,10-11H2,1-4H3,(H,25,29)(H,26,30)/t13?,14-,15+,16+,17+,18?,23?/m1/s1. The Morgan fingerprint density at radius 1 is 1.28 bits per heavy atom. The van der Waals surface area contributed by atoms with E-state index in [1.807, 2.05) is 51.1 Å². The zero-order valence-corrected chi connectivity index (χ0v) is 20.3. The first kappa shape index (κ1) is 23.2. The van der Waals surface area contributed by atoms with Crippen molar-refractivity contribution in [2.45, 2.75) is 61.3 Å². The van der Waals surface area contributed by atoms with Crippen LogP contribution >= 0.6 is 15.9 Å². The van der Waals surface area contributed by atoms with Crippen LogP contribution in [0.2, 0.25) is 0 Å². The third-order valence-electron chi connectivity index (χ3n) is 6.72. The van der Waals surface area contributed by atoms with E-state index in [-0.39, 0.29) is 29.2 Å². The number of rotatable bonds is 5. The molecule has 0 saturated carbocycles. The average molecular weight is 508 g/mol. The minimum Gasteiger partial charge on any atom is -0.394 e. The van der Waals surface area contributed by atoms with Gasteiger partial charge in [-0.3, -0.25) is 14.4 Å². The van der Waals surface area contributed by atoms with Crippen LogP contribution in [0.4, 0.5) is 0 Å². The van der Waals surface area contributed by atoms with Crippen molar-refractivity contribution < 1.29 is 24.2 Å². The molecular weight excluding hydrogens is 478 g/mol. The summed E-state index contributed by atoms with van der Waals surface area (Å²) in [6.45, 7) is 5.25. The number of nitrogens with one attached hydrogen (secondary N) is 2. The SMILES string of the molecule is CNC(=O)[C@H]1[C@H]2C(=O)N([C@H](CO)c3ccccc3)C(C(=O)NC(C)(C)C)C23CC(Br)[C@@H]1O3. The summed E-state index contributed by atoms with van der Waals surface area (Å²) in [6, 6.07) is 7.43. The van der Waals surface area contributed by atoms with E-state index in [1.54, 1.807) is 0 Å². The largest absolute Gasteiger partial charge is 0.394 e. The average Bonchev–Trinajstić information content (AvgIpc) is 3.31. The summed E-state index contributed by atoms with van der Waals surface area (Å²) >= 11 is 3.63. The van der Waals surface area contributed by atoms with Crippen molar-refractivity contribution in [1.82, 2.24) is 15.5 Å². The zero-order chi connectivity index (χ0) is 23.4. The number of hydrogen-bond acceptors (Lipinski definition) is 5. The molecule has 32 heavy (non-hydrogen) atoms. The van der Waals surface area contributed by atoms with Gasteiger partial charge in [-0.1, -0.05) is 46.3 Å². The molecule has 3 aliphatic heterocycles. The van der Waals surface area contributed by atoms with Gasteiger partial charge in [0.15, 0.2) is 0 Å². The van der Waals surface area contributed by atoms with Crippen LogP contribution in [-0.4, -0.2) is 69.5 Å². The molecule has 0 aromatic heterocycles. The quantitative estimate of drug-likeness (QED) is 0.517. The summed E-state index contributed by atoms with van der Waals surface area (Å²) in [5, 5.41) is 16.0. The summed E-state index contributed by atoms with van der Waals surface area (Å²) in [4.78, 5) is 41.7. The predicted molar refractivity (Wildman–Crippen MR) is 121 cm³/mol. The zero-order valence-electron chi connectivity index (χ0n) is 18.7.